The Labute approximate surface area is 106 Å². The smallest absolute Gasteiger partial charge is 0.230 e. The number of carbonyl (C=O) groups excluding carboxylic acids is 1. The van der Waals surface area contributed by atoms with Crippen molar-refractivity contribution in [2.75, 3.05) is 12.4 Å². The van der Waals surface area contributed by atoms with Crippen LogP contribution < -0.4 is 10.1 Å². The average molecular weight is 242 g/mol. The lowest BCUT2D eigenvalue weighted by atomic mass is 10.1. The summed E-state index contributed by atoms with van der Waals surface area (Å²) in [5.74, 6) is 0.887. The van der Waals surface area contributed by atoms with Crippen molar-refractivity contribution in [2.45, 2.75) is 6.42 Å². The largest absolute Gasteiger partial charge is 0.493 e. The second-order valence-electron chi connectivity index (χ2n) is 3.76. The highest BCUT2D eigenvalue weighted by Gasteiger charge is 2.08. The van der Waals surface area contributed by atoms with Gasteiger partial charge in [0.2, 0.25) is 5.91 Å². The Morgan fingerprint density at radius 2 is 2.00 bits per heavy atom. The maximum Gasteiger partial charge on any atom is 0.230 e. The summed E-state index contributed by atoms with van der Waals surface area (Å²) in [5, 5.41) is 2.73. The topological polar surface area (TPSA) is 51.2 Å². The molecule has 2 rings (SSSR count). The van der Waals surface area contributed by atoms with Crippen LogP contribution in [-0.4, -0.2) is 18.0 Å². The molecule has 2 aromatic rings. The molecule has 18 heavy (non-hydrogen) atoms. The molecule has 0 spiro atoms. The lowest BCUT2D eigenvalue weighted by Gasteiger charge is -2.08. The van der Waals surface area contributed by atoms with Crippen molar-refractivity contribution >= 4 is 11.7 Å². The summed E-state index contributed by atoms with van der Waals surface area (Å²) in [6.45, 7) is 0. The summed E-state index contributed by atoms with van der Waals surface area (Å²) in [5.41, 5.74) is 0.963. The molecule has 4 nitrogen and oxygen atoms in total. The van der Waals surface area contributed by atoms with Gasteiger partial charge in [0.15, 0.2) is 11.6 Å². The summed E-state index contributed by atoms with van der Waals surface area (Å²) >= 11 is 0. The molecule has 4 heteroatoms. The fraction of sp³-hybridized carbons (Fsp3) is 0.143. The number of anilines is 1. The molecule has 0 radical (unpaired) electrons. The predicted molar refractivity (Wildman–Crippen MR) is 69.6 cm³/mol. The third-order valence-corrected chi connectivity index (χ3v) is 2.46. The van der Waals surface area contributed by atoms with Crippen molar-refractivity contribution in [3.8, 4) is 5.75 Å². The van der Waals surface area contributed by atoms with E-state index in [2.05, 4.69) is 10.3 Å². The van der Waals surface area contributed by atoms with E-state index < -0.39 is 0 Å². The van der Waals surface area contributed by atoms with E-state index in [0.29, 0.717) is 18.0 Å². The Bertz CT molecular complexity index is 526. The van der Waals surface area contributed by atoms with E-state index in [-0.39, 0.29) is 5.91 Å². The van der Waals surface area contributed by atoms with Crippen LogP contribution in [0.25, 0.3) is 0 Å². The monoisotopic (exact) mass is 242 g/mol. The first-order valence-corrected chi connectivity index (χ1v) is 5.62. The number of amides is 1. The molecule has 1 aromatic carbocycles. The van der Waals surface area contributed by atoms with Crippen LogP contribution in [0.5, 0.6) is 5.75 Å². The van der Waals surface area contributed by atoms with Gasteiger partial charge in [-0.25, -0.2) is 4.98 Å². The third kappa shape index (κ3) is 3.07. The van der Waals surface area contributed by atoms with Crippen molar-refractivity contribution in [1.82, 2.24) is 4.98 Å². The number of ether oxygens (including phenoxy) is 1. The highest BCUT2D eigenvalue weighted by atomic mass is 16.5. The molecule has 0 aliphatic carbocycles. The normalized spacial score (nSPS) is 9.83. The van der Waals surface area contributed by atoms with Gasteiger partial charge in [0.05, 0.1) is 13.5 Å². The van der Waals surface area contributed by atoms with Crippen LogP contribution >= 0.6 is 0 Å². The van der Waals surface area contributed by atoms with E-state index in [4.69, 9.17) is 4.74 Å². The standard InChI is InChI=1S/C14H14N2O2/c1-18-12-8-5-9-15-14(12)16-13(17)10-11-6-3-2-4-7-11/h2-9H,10H2,1H3,(H,15,16,17). The summed E-state index contributed by atoms with van der Waals surface area (Å²) in [4.78, 5) is 15.9. The molecule has 0 bridgehead atoms. The van der Waals surface area contributed by atoms with Gasteiger partial charge in [0.1, 0.15) is 0 Å². The van der Waals surface area contributed by atoms with E-state index >= 15 is 0 Å². The van der Waals surface area contributed by atoms with E-state index in [0.717, 1.165) is 5.56 Å². The third-order valence-electron chi connectivity index (χ3n) is 2.46. The molecule has 1 aromatic heterocycles. The van der Waals surface area contributed by atoms with Gasteiger partial charge in [-0.1, -0.05) is 30.3 Å². The molecular weight excluding hydrogens is 228 g/mol. The van der Waals surface area contributed by atoms with Gasteiger partial charge in [-0.3, -0.25) is 4.79 Å². The number of benzene rings is 1. The Morgan fingerprint density at radius 1 is 1.22 bits per heavy atom. The number of aromatic nitrogens is 1. The van der Waals surface area contributed by atoms with Crippen LogP contribution in [0.4, 0.5) is 5.82 Å². The summed E-state index contributed by atoms with van der Waals surface area (Å²) in [7, 11) is 1.55. The molecule has 0 unspecified atom stereocenters. The first-order valence-electron chi connectivity index (χ1n) is 5.62. The van der Waals surface area contributed by atoms with Crippen molar-refractivity contribution in [1.29, 1.82) is 0 Å². The second-order valence-corrected chi connectivity index (χ2v) is 3.76. The number of rotatable bonds is 4. The molecular formula is C14H14N2O2. The van der Waals surface area contributed by atoms with Crippen LogP contribution in [0.1, 0.15) is 5.56 Å². The fourth-order valence-corrected chi connectivity index (χ4v) is 1.61. The Hall–Kier alpha value is -2.36. The highest BCUT2D eigenvalue weighted by Crippen LogP contribution is 2.20. The van der Waals surface area contributed by atoms with Gasteiger partial charge in [-0.2, -0.15) is 0 Å². The summed E-state index contributed by atoms with van der Waals surface area (Å²) < 4.78 is 5.12. The van der Waals surface area contributed by atoms with E-state index in [1.54, 1.807) is 25.4 Å². The van der Waals surface area contributed by atoms with Gasteiger partial charge < -0.3 is 10.1 Å². The number of nitrogens with zero attached hydrogens (tertiary/aromatic N) is 1. The molecule has 92 valence electrons. The zero-order valence-corrected chi connectivity index (χ0v) is 10.1. The molecule has 1 amide bonds. The minimum atomic E-state index is -0.113. The summed E-state index contributed by atoms with van der Waals surface area (Å²) in [6, 6.07) is 13.1. The van der Waals surface area contributed by atoms with E-state index in [1.807, 2.05) is 30.3 Å². The van der Waals surface area contributed by atoms with Crippen molar-refractivity contribution in [2.24, 2.45) is 0 Å². The molecule has 0 saturated heterocycles. The Morgan fingerprint density at radius 3 is 2.72 bits per heavy atom. The number of nitrogens with one attached hydrogen (secondary N) is 1. The van der Waals surface area contributed by atoms with Crippen LogP contribution in [-0.2, 0) is 11.2 Å². The van der Waals surface area contributed by atoms with Gasteiger partial charge in [0, 0.05) is 6.20 Å². The van der Waals surface area contributed by atoms with E-state index in [9.17, 15) is 4.79 Å². The lowest BCUT2D eigenvalue weighted by Crippen LogP contribution is -2.15. The van der Waals surface area contributed by atoms with Crippen molar-refractivity contribution in [3.05, 3.63) is 54.2 Å². The van der Waals surface area contributed by atoms with Gasteiger partial charge >= 0.3 is 0 Å². The van der Waals surface area contributed by atoms with Gasteiger partial charge in [-0.15, -0.1) is 0 Å². The SMILES string of the molecule is COc1cccnc1NC(=O)Cc1ccccc1. The van der Waals surface area contributed by atoms with Crippen molar-refractivity contribution in [3.63, 3.8) is 0 Å². The first-order chi connectivity index (χ1) is 8.79. The number of hydrogen-bond acceptors (Lipinski definition) is 3. The first kappa shape index (κ1) is 12.1. The maximum atomic E-state index is 11.8. The maximum absolute atomic E-state index is 11.8. The Balaban J connectivity index is 2.03. The van der Waals surface area contributed by atoms with Gasteiger partial charge in [0.25, 0.3) is 0 Å². The molecule has 1 N–H and O–H groups in total. The number of pyridine rings is 1. The van der Waals surface area contributed by atoms with Gasteiger partial charge in [-0.05, 0) is 17.7 Å². The highest BCUT2D eigenvalue weighted by molar-refractivity contribution is 5.92. The number of carbonyl (C=O) groups is 1. The molecule has 1 heterocycles. The average Bonchev–Trinajstić information content (AvgIpc) is 2.40. The minimum Gasteiger partial charge on any atom is -0.493 e. The zero-order chi connectivity index (χ0) is 12.8. The Kier molecular flexibility index (Phi) is 3.91. The zero-order valence-electron chi connectivity index (χ0n) is 10.1. The van der Waals surface area contributed by atoms with Crippen LogP contribution in [0.3, 0.4) is 0 Å². The minimum absolute atomic E-state index is 0.113. The lowest BCUT2D eigenvalue weighted by molar-refractivity contribution is -0.115. The number of methoxy groups -OCH3 is 1. The van der Waals surface area contributed by atoms with Crippen molar-refractivity contribution < 1.29 is 9.53 Å². The molecule has 0 atom stereocenters. The predicted octanol–water partition coefficient (Wildman–Crippen LogP) is 2.27. The second kappa shape index (κ2) is 5.82. The molecule has 0 aliphatic heterocycles. The fourth-order valence-electron chi connectivity index (χ4n) is 1.61. The van der Waals surface area contributed by atoms with Crippen LogP contribution in [0, 0.1) is 0 Å². The summed E-state index contributed by atoms with van der Waals surface area (Å²) in [6.07, 6.45) is 1.93. The molecule has 0 fully saturated rings. The molecule has 0 aliphatic rings. The number of hydrogen-bond donors (Lipinski definition) is 1. The van der Waals surface area contributed by atoms with Crippen LogP contribution in [0.2, 0.25) is 0 Å². The van der Waals surface area contributed by atoms with Crippen LogP contribution in [0.15, 0.2) is 48.7 Å². The quantitative estimate of drug-likeness (QED) is 0.894. The molecule has 0 saturated carbocycles. The van der Waals surface area contributed by atoms with E-state index in [1.165, 1.54) is 0 Å².